The Labute approximate surface area is 174 Å². The van der Waals surface area contributed by atoms with Gasteiger partial charge in [-0.15, -0.1) is 0 Å². The van der Waals surface area contributed by atoms with Gasteiger partial charge in [0.15, 0.2) is 0 Å². The van der Waals surface area contributed by atoms with E-state index in [9.17, 15) is 0 Å². The lowest BCUT2D eigenvalue weighted by atomic mass is 9.82. The number of fused-ring (bicyclic) bond motifs is 4. The molecule has 5 aromatic rings. The molecule has 0 fully saturated rings. The fourth-order valence-electron chi connectivity index (χ4n) is 5.17. The number of hydrogen-bond acceptors (Lipinski definition) is 0. The van der Waals surface area contributed by atoms with Gasteiger partial charge in [0.05, 0.1) is 0 Å². The Bertz CT molecular complexity index is 1420. The predicted molar refractivity (Wildman–Crippen MR) is 121 cm³/mol. The minimum atomic E-state index is 0.0694. The van der Waals surface area contributed by atoms with Crippen LogP contribution < -0.4 is 10.7 Å². The summed E-state index contributed by atoms with van der Waals surface area (Å²) in [5.74, 6) is 0. The summed E-state index contributed by atoms with van der Waals surface area (Å²) in [6.07, 6.45) is 4.40. The first-order valence-corrected chi connectivity index (χ1v) is 10.3. The second-order valence-electron chi connectivity index (χ2n) is 7.90. The Morgan fingerprint density at radius 2 is 0.933 bits per heavy atom. The Balaban J connectivity index is 1.70. The smallest absolute Gasteiger partial charge is 0.351 e. The number of benzene rings is 2. The highest BCUT2D eigenvalue weighted by atomic mass is 15.2. The zero-order chi connectivity index (χ0) is 19.7. The van der Waals surface area contributed by atoms with Crippen molar-refractivity contribution in [2.24, 2.45) is 0 Å². The third kappa shape index (κ3) is 1.95. The molecule has 2 aliphatic rings. The lowest BCUT2D eigenvalue weighted by molar-refractivity contribution is 0.876. The van der Waals surface area contributed by atoms with Crippen LogP contribution in [-0.4, -0.2) is 20.6 Å². The first-order valence-electron chi connectivity index (χ1n) is 10.3. The molecule has 30 heavy (non-hydrogen) atoms. The van der Waals surface area contributed by atoms with Gasteiger partial charge >= 0.3 is 7.12 Å². The normalized spacial score (nSPS) is 13.8. The summed E-state index contributed by atoms with van der Waals surface area (Å²) in [5, 5.41) is 2.53. The van der Waals surface area contributed by atoms with Crippen molar-refractivity contribution < 1.29 is 0 Å². The second-order valence-corrected chi connectivity index (χ2v) is 7.90. The number of hydrogen-bond donors (Lipinski definition) is 0. The van der Waals surface area contributed by atoms with E-state index in [0.29, 0.717) is 0 Å². The van der Waals surface area contributed by atoms with Crippen LogP contribution in [0.5, 0.6) is 0 Å². The molecule has 0 amide bonds. The van der Waals surface area contributed by atoms with Crippen molar-refractivity contribution >= 4 is 18.3 Å². The summed E-state index contributed by atoms with van der Waals surface area (Å²) in [4.78, 5) is 0. The quantitative estimate of drug-likeness (QED) is 0.408. The highest BCUT2D eigenvalue weighted by molar-refractivity contribution is 6.55. The average Bonchev–Trinajstić information content (AvgIpc) is 3.55. The number of nitrogens with zero attached hydrogens (tertiary/aromatic N) is 3. The molecule has 0 unspecified atom stereocenters. The van der Waals surface area contributed by atoms with Gasteiger partial charge in [0, 0.05) is 33.2 Å². The Morgan fingerprint density at radius 3 is 1.40 bits per heavy atom. The molecule has 3 nitrogen and oxygen atoms in total. The van der Waals surface area contributed by atoms with Gasteiger partial charge in [-0.3, -0.25) is 0 Å². The molecule has 4 heteroatoms. The molecule has 0 saturated carbocycles. The van der Waals surface area contributed by atoms with Crippen molar-refractivity contribution in [2.75, 3.05) is 0 Å². The van der Waals surface area contributed by atoms with Crippen molar-refractivity contribution in [3.63, 3.8) is 0 Å². The highest BCUT2D eigenvalue weighted by Gasteiger charge is 2.37. The van der Waals surface area contributed by atoms with Crippen LogP contribution >= 0.6 is 0 Å². The van der Waals surface area contributed by atoms with Gasteiger partial charge < -0.3 is 13.4 Å². The van der Waals surface area contributed by atoms with Gasteiger partial charge in [0.25, 0.3) is 0 Å². The molecular weight excluding hydrogens is 365 g/mol. The van der Waals surface area contributed by atoms with E-state index in [1.807, 2.05) is 0 Å². The molecular formula is C26H18BN3. The summed E-state index contributed by atoms with van der Waals surface area (Å²) in [6, 6.07) is 34.8. The molecule has 0 atom stereocenters. The highest BCUT2D eigenvalue weighted by Crippen LogP contribution is 2.29. The van der Waals surface area contributed by atoms with Crippen LogP contribution in [-0.2, 0) is 0 Å². The van der Waals surface area contributed by atoms with Crippen LogP contribution in [0.25, 0.3) is 11.1 Å². The van der Waals surface area contributed by atoms with E-state index in [4.69, 9.17) is 0 Å². The molecule has 0 radical (unpaired) electrons. The average molecular weight is 383 g/mol. The van der Waals surface area contributed by atoms with E-state index in [1.165, 1.54) is 44.4 Å². The maximum absolute atomic E-state index is 2.49. The first-order chi connectivity index (χ1) is 14.9. The molecule has 0 saturated heterocycles. The van der Waals surface area contributed by atoms with Crippen molar-refractivity contribution in [1.82, 2.24) is 13.4 Å². The van der Waals surface area contributed by atoms with Gasteiger partial charge in [-0.1, -0.05) is 60.7 Å². The molecule has 7 rings (SSSR count). The van der Waals surface area contributed by atoms with Gasteiger partial charge in [0.1, 0.15) is 0 Å². The lowest BCUT2D eigenvalue weighted by Gasteiger charge is -2.32. The minimum absolute atomic E-state index is 0.0694. The first kappa shape index (κ1) is 15.9. The van der Waals surface area contributed by atoms with Crippen LogP contribution in [0.2, 0.25) is 0 Å². The zero-order valence-corrected chi connectivity index (χ0v) is 16.3. The standard InChI is InChI=1S/C26H18BN3/c1-3-9-19(10-4-1)25-21-13-7-17-28(21)27-29-18-8-14-22(29)26(20-11-5-2-6-12-20)24-16-15-23(25)30(24)27/h1-18H. The van der Waals surface area contributed by atoms with Gasteiger partial charge in [0.2, 0.25) is 0 Å². The summed E-state index contributed by atoms with van der Waals surface area (Å²) in [5.41, 5.74) is 7.57. The second kappa shape index (κ2) is 5.80. The fourth-order valence-corrected chi connectivity index (χ4v) is 5.17. The molecule has 2 aromatic carbocycles. The topological polar surface area (TPSA) is 14.8 Å². The van der Waals surface area contributed by atoms with E-state index in [1.54, 1.807) is 0 Å². The number of rotatable bonds is 2. The molecule has 2 aliphatic heterocycles. The molecule has 0 bridgehead atoms. The largest absolute Gasteiger partial charge is 0.518 e. The Kier molecular flexibility index (Phi) is 3.08. The van der Waals surface area contributed by atoms with E-state index in [-0.39, 0.29) is 7.12 Å². The van der Waals surface area contributed by atoms with E-state index in [0.717, 1.165) is 0 Å². The Morgan fingerprint density at radius 1 is 0.467 bits per heavy atom. The van der Waals surface area contributed by atoms with Crippen LogP contribution in [0.1, 0.15) is 22.5 Å². The summed E-state index contributed by atoms with van der Waals surface area (Å²) in [6.45, 7) is 0. The molecule has 3 aromatic heterocycles. The lowest BCUT2D eigenvalue weighted by Crippen LogP contribution is -2.57. The van der Waals surface area contributed by atoms with Crippen LogP contribution in [0.3, 0.4) is 0 Å². The zero-order valence-electron chi connectivity index (χ0n) is 16.3. The molecule has 0 spiro atoms. The number of aromatic nitrogens is 3. The maximum Gasteiger partial charge on any atom is 0.518 e. The minimum Gasteiger partial charge on any atom is -0.351 e. The van der Waals surface area contributed by atoms with Crippen LogP contribution in [0.4, 0.5) is 0 Å². The fraction of sp³-hybridized carbons (Fsp3) is 0. The molecule has 0 aliphatic carbocycles. The monoisotopic (exact) mass is 383 g/mol. The molecule has 140 valence electrons. The third-order valence-electron chi connectivity index (χ3n) is 6.35. The van der Waals surface area contributed by atoms with E-state index < -0.39 is 0 Å². The Hall–Kier alpha value is -3.92. The van der Waals surface area contributed by atoms with E-state index in [2.05, 4.69) is 123 Å². The van der Waals surface area contributed by atoms with Crippen LogP contribution in [0.15, 0.2) is 109 Å². The summed E-state index contributed by atoms with van der Waals surface area (Å²) >= 11 is 0. The van der Waals surface area contributed by atoms with Crippen molar-refractivity contribution in [3.8, 4) is 0 Å². The van der Waals surface area contributed by atoms with Gasteiger partial charge in [-0.05, 0) is 59.9 Å². The van der Waals surface area contributed by atoms with Crippen molar-refractivity contribution in [3.05, 3.63) is 143 Å². The van der Waals surface area contributed by atoms with E-state index >= 15 is 0 Å². The van der Waals surface area contributed by atoms with Gasteiger partial charge in [-0.2, -0.15) is 0 Å². The van der Waals surface area contributed by atoms with Crippen LogP contribution in [0, 0.1) is 0 Å². The third-order valence-corrected chi connectivity index (χ3v) is 6.35. The van der Waals surface area contributed by atoms with Crippen molar-refractivity contribution in [2.45, 2.75) is 0 Å². The molecule has 5 heterocycles. The SMILES string of the molecule is c1ccc(C2=c3ccc4n3B(n3cccc32)n2cccc2C=4c2ccccc2)cc1. The van der Waals surface area contributed by atoms with Crippen molar-refractivity contribution in [1.29, 1.82) is 0 Å². The molecule has 0 N–H and O–H groups in total. The summed E-state index contributed by atoms with van der Waals surface area (Å²) in [7, 11) is 0.0694. The predicted octanol–water partition coefficient (Wildman–Crippen LogP) is 3.14. The maximum atomic E-state index is 2.49. The summed E-state index contributed by atoms with van der Waals surface area (Å²) < 4.78 is 7.28. The van der Waals surface area contributed by atoms with Gasteiger partial charge in [-0.25, -0.2) is 0 Å².